The second-order valence-corrected chi connectivity index (χ2v) is 6.39. The first-order valence-corrected chi connectivity index (χ1v) is 7.43. The Bertz CT molecular complexity index is 590. The summed E-state index contributed by atoms with van der Waals surface area (Å²) in [7, 11) is -3.68. The summed E-state index contributed by atoms with van der Waals surface area (Å²) in [5, 5.41) is 18.3. The van der Waals surface area contributed by atoms with E-state index in [1.807, 2.05) is 0 Å². The van der Waals surface area contributed by atoms with Crippen LogP contribution in [0.5, 0.6) is 5.75 Å². The summed E-state index contributed by atoms with van der Waals surface area (Å²) in [4.78, 5) is 10.8. The summed E-state index contributed by atoms with van der Waals surface area (Å²) in [6, 6.07) is 3.33. The maximum atomic E-state index is 12.3. The molecule has 1 heterocycles. The van der Waals surface area contributed by atoms with Crippen molar-refractivity contribution in [3.8, 4) is 5.75 Å². The second-order valence-electron chi connectivity index (χ2n) is 4.45. The van der Waals surface area contributed by atoms with Crippen LogP contribution in [-0.4, -0.2) is 42.0 Å². The number of hydrogen-bond donors (Lipinski definition) is 2. The Labute approximate surface area is 111 Å². The van der Waals surface area contributed by atoms with Crippen LogP contribution < -0.4 is 0 Å². The van der Waals surface area contributed by atoms with Crippen molar-refractivity contribution in [3.63, 3.8) is 0 Å². The lowest BCUT2D eigenvalue weighted by Crippen LogP contribution is -2.35. The highest BCUT2D eigenvalue weighted by atomic mass is 32.2. The summed E-state index contributed by atoms with van der Waals surface area (Å²) in [5.74, 6) is -1.79. The van der Waals surface area contributed by atoms with Crippen LogP contribution in [0.1, 0.15) is 29.6 Å². The molecule has 1 fully saturated rings. The predicted molar refractivity (Wildman–Crippen MR) is 67.7 cm³/mol. The highest BCUT2D eigenvalue weighted by molar-refractivity contribution is 7.89. The van der Waals surface area contributed by atoms with Crippen LogP contribution in [0.4, 0.5) is 0 Å². The average molecular weight is 285 g/mol. The van der Waals surface area contributed by atoms with Crippen molar-refractivity contribution in [1.82, 2.24) is 4.31 Å². The van der Waals surface area contributed by atoms with Crippen molar-refractivity contribution < 1.29 is 23.4 Å². The highest BCUT2D eigenvalue weighted by Crippen LogP contribution is 2.25. The maximum Gasteiger partial charge on any atom is 0.339 e. The minimum atomic E-state index is -3.68. The van der Waals surface area contributed by atoms with Crippen LogP contribution in [0.15, 0.2) is 23.1 Å². The number of aromatic hydroxyl groups is 1. The van der Waals surface area contributed by atoms with Crippen LogP contribution in [0, 0.1) is 0 Å². The van der Waals surface area contributed by atoms with E-state index in [1.165, 1.54) is 10.4 Å². The van der Waals surface area contributed by atoms with Gasteiger partial charge in [0.1, 0.15) is 11.3 Å². The number of hydrogen-bond acceptors (Lipinski definition) is 4. The Hall–Kier alpha value is -1.60. The molecule has 0 saturated carbocycles. The van der Waals surface area contributed by atoms with Crippen molar-refractivity contribution in [3.05, 3.63) is 23.8 Å². The zero-order chi connectivity index (χ0) is 14.0. The standard InChI is InChI=1S/C12H15NO5S/c14-11-5-4-9(8-10(11)12(15)16)19(17,18)13-6-2-1-3-7-13/h4-5,8,14H,1-3,6-7H2,(H,15,16). The van der Waals surface area contributed by atoms with Crippen molar-refractivity contribution in [2.45, 2.75) is 24.2 Å². The number of rotatable bonds is 3. The summed E-state index contributed by atoms with van der Waals surface area (Å²) in [5.41, 5.74) is -0.405. The lowest BCUT2D eigenvalue weighted by atomic mass is 10.2. The van der Waals surface area contributed by atoms with Crippen molar-refractivity contribution >= 4 is 16.0 Å². The van der Waals surface area contributed by atoms with E-state index in [0.717, 1.165) is 31.4 Å². The molecular formula is C12H15NO5S. The third kappa shape index (κ3) is 2.71. The van der Waals surface area contributed by atoms with Gasteiger partial charge in [-0.15, -0.1) is 0 Å². The molecule has 1 aliphatic rings. The van der Waals surface area contributed by atoms with Crippen LogP contribution in [-0.2, 0) is 10.0 Å². The van der Waals surface area contributed by atoms with Gasteiger partial charge in [-0.3, -0.25) is 0 Å². The number of benzene rings is 1. The van der Waals surface area contributed by atoms with Gasteiger partial charge in [0.25, 0.3) is 0 Å². The van der Waals surface area contributed by atoms with Gasteiger partial charge < -0.3 is 10.2 Å². The fourth-order valence-electron chi connectivity index (χ4n) is 2.10. The number of carboxylic acid groups (broad SMARTS) is 1. The van der Waals surface area contributed by atoms with Crippen LogP contribution in [0.2, 0.25) is 0 Å². The fraction of sp³-hybridized carbons (Fsp3) is 0.417. The summed E-state index contributed by atoms with van der Waals surface area (Å²) >= 11 is 0. The molecular weight excluding hydrogens is 270 g/mol. The molecule has 104 valence electrons. The minimum Gasteiger partial charge on any atom is -0.507 e. The lowest BCUT2D eigenvalue weighted by molar-refractivity contribution is 0.0693. The number of phenols is 1. The Morgan fingerprint density at radius 1 is 1.16 bits per heavy atom. The summed E-state index contributed by atoms with van der Waals surface area (Å²) < 4.78 is 26.0. The Morgan fingerprint density at radius 2 is 1.79 bits per heavy atom. The molecule has 7 heteroatoms. The largest absolute Gasteiger partial charge is 0.507 e. The van der Waals surface area contributed by atoms with E-state index in [1.54, 1.807) is 0 Å². The molecule has 0 atom stereocenters. The molecule has 2 N–H and O–H groups in total. The van der Waals surface area contributed by atoms with E-state index in [-0.39, 0.29) is 4.90 Å². The molecule has 6 nitrogen and oxygen atoms in total. The van der Waals surface area contributed by atoms with Gasteiger partial charge in [-0.05, 0) is 31.0 Å². The molecule has 0 aromatic heterocycles. The molecule has 19 heavy (non-hydrogen) atoms. The van der Waals surface area contributed by atoms with Gasteiger partial charge >= 0.3 is 5.97 Å². The highest BCUT2D eigenvalue weighted by Gasteiger charge is 2.27. The van der Waals surface area contributed by atoms with Crippen LogP contribution in [0.3, 0.4) is 0 Å². The molecule has 0 bridgehead atoms. The second kappa shape index (κ2) is 5.18. The van der Waals surface area contributed by atoms with Gasteiger partial charge in [-0.2, -0.15) is 4.31 Å². The molecule has 1 aromatic carbocycles. The van der Waals surface area contributed by atoms with E-state index in [4.69, 9.17) is 5.11 Å². The van der Waals surface area contributed by atoms with Gasteiger partial charge in [-0.25, -0.2) is 13.2 Å². The molecule has 2 rings (SSSR count). The minimum absolute atomic E-state index is 0.0930. The molecule has 0 radical (unpaired) electrons. The predicted octanol–water partition coefficient (Wildman–Crippen LogP) is 1.26. The fourth-order valence-corrected chi connectivity index (χ4v) is 3.65. The first-order chi connectivity index (χ1) is 8.93. The van der Waals surface area contributed by atoms with Crippen LogP contribution >= 0.6 is 0 Å². The van der Waals surface area contributed by atoms with E-state index in [2.05, 4.69) is 0 Å². The van der Waals surface area contributed by atoms with E-state index in [0.29, 0.717) is 13.1 Å². The topological polar surface area (TPSA) is 94.9 Å². The number of sulfonamides is 1. The average Bonchev–Trinajstić information content (AvgIpc) is 2.39. The number of piperidine rings is 1. The molecule has 1 aromatic rings. The number of carboxylic acids is 1. The van der Waals surface area contributed by atoms with E-state index in [9.17, 15) is 18.3 Å². The first kappa shape index (κ1) is 13.8. The van der Waals surface area contributed by atoms with E-state index >= 15 is 0 Å². The van der Waals surface area contributed by atoms with Crippen LogP contribution in [0.25, 0.3) is 0 Å². The third-order valence-corrected chi connectivity index (χ3v) is 5.05. The number of carbonyl (C=O) groups is 1. The monoisotopic (exact) mass is 285 g/mol. The molecule has 0 amide bonds. The molecule has 0 aliphatic carbocycles. The third-order valence-electron chi connectivity index (χ3n) is 3.15. The first-order valence-electron chi connectivity index (χ1n) is 5.99. The smallest absolute Gasteiger partial charge is 0.339 e. The number of aromatic carboxylic acids is 1. The Morgan fingerprint density at radius 3 is 2.37 bits per heavy atom. The van der Waals surface area contributed by atoms with Gasteiger partial charge in [0.2, 0.25) is 10.0 Å². The van der Waals surface area contributed by atoms with Crippen molar-refractivity contribution in [2.75, 3.05) is 13.1 Å². The molecule has 0 spiro atoms. The number of nitrogens with zero attached hydrogens (tertiary/aromatic N) is 1. The zero-order valence-corrected chi connectivity index (χ0v) is 11.1. The molecule has 1 saturated heterocycles. The molecule has 1 aliphatic heterocycles. The molecule has 0 unspecified atom stereocenters. The van der Waals surface area contributed by atoms with Gasteiger partial charge in [0.05, 0.1) is 4.90 Å². The summed E-state index contributed by atoms with van der Waals surface area (Å²) in [6.45, 7) is 0.900. The van der Waals surface area contributed by atoms with E-state index < -0.39 is 27.3 Å². The quantitative estimate of drug-likeness (QED) is 0.872. The lowest BCUT2D eigenvalue weighted by Gasteiger charge is -2.26. The van der Waals surface area contributed by atoms with Crippen molar-refractivity contribution in [1.29, 1.82) is 0 Å². The Kier molecular flexibility index (Phi) is 3.77. The zero-order valence-electron chi connectivity index (χ0n) is 10.2. The summed E-state index contributed by atoms with van der Waals surface area (Å²) in [6.07, 6.45) is 2.62. The van der Waals surface area contributed by atoms with Crippen molar-refractivity contribution in [2.24, 2.45) is 0 Å². The maximum absolute atomic E-state index is 12.3. The normalized spacial score (nSPS) is 17.3. The van der Waals surface area contributed by atoms with Gasteiger partial charge in [0.15, 0.2) is 0 Å². The Balaban J connectivity index is 2.40. The van der Waals surface area contributed by atoms with Gasteiger partial charge in [0, 0.05) is 13.1 Å². The SMILES string of the molecule is O=C(O)c1cc(S(=O)(=O)N2CCCCC2)ccc1O. The van der Waals surface area contributed by atoms with Gasteiger partial charge in [-0.1, -0.05) is 6.42 Å².